The average molecular weight is 516 g/mol. The summed E-state index contributed by atoms with van der Waals surface area (Å²) in [7, 11) is 0. The molecule has 11 atom stereocenters. The highest BCUT2D eigenvalue weighted by molar-refractivity contribution is 5.83. The first-order chi connectivity index (χ1) is 17.4. The summed E-state index contributed by atoms with van der Waals surface area (Å²) < 4.78 is 0. The lowest BCUT2D eigenvalue weighted by Crippen LogP contribution is -2.68. The van der Waals surface area contributed by atoms with Gasteiger partial charge in [0.1, 0.15) is 0 Å². The summed E-state index contributed by atoms with van der Waals surface area (Å²) in [4.78, 5) is 13.7. The third kappa shape index (κ3) is 3.48. The van der Waals surface area contributed by atoms with Crippen molar-refractivity contribution >= 4 is 5.91 Å². The van der Waals surface area contributed by atoms with Crippen molar-refractivity contribution in [3.8, 4) is 0 Å². The van der Waals surface area contributed by atoms with Gasteiger partial charge in [-0.3, -0.25) is 4.79 Å². The number of amides is 1. The maximum Gasteiger partial charge on any atom is 0.226 e. The Bertz CT molecular complexity index is 936. The van der Waals surface area contributed by atoms with Crippen molar-refractivity contribution in [2.24, 2.45) is 56.7 Å². The molecule has 5 aliphatic carbocycles. The van der Waals surface area contributed by atoms with E-state index in [1.165, 1.54) is 12.0 Å². The van der Waals surface area contributed by atoms with Gasteiger partial charge in [-0.15, -0.1) is 0 Å². The van der Waals surface area contributed by atoms with Crippen molar-refractivity contribution in [2.75, 3.05) is 19.8 Å². The van der Waals surface area contributed by atoms with E-state index in [0.717, 1.165) is 57.8 Å². The molecule has 5 heteroatoms. The summed E-state index contributed by atoms with van der Waals surface area (Å²) >= 11 is 0. The van der Waals surface area contributed by atoms with Gasteiger partial charge in [0.15, 0.2) is 0 Å². The number of carbonyl (C=O) groups excluding carboxylic acids is 1. The number of carbonyl (C=O) groups is 1. The first-order valence-corrected chi connectivity index (χ1v) is 15.2. The Morgan fingerprint density at radius 2 is 1.62 bits per heavy atom. The highest BCUT2D eigenvalue weighted by atomic mass is 16.3. The van der Waals surface area contributed by atoms with E-state index in [9.17, 15) is 20.1 Å². The SMILES string of the molecule is C=C(C)[C@@H]1CC[C@]2(C(=O)NCCO)CC[C@]3(C)C(CC[C@@H]4[C@@]5(C)CC[C@H](O)[C@@](C)(CO)[C@@H]5CC[C@]43C)[C@@H]12. The molecule has 5 fully saturated rings. The number of hydrogen-bond donors (Lipinski definition) is 4. The van der Waals surface area contributed by atoms with Crippen molar-refractivity contribution in [3.63, 3.8) is 0 Å². The van der Waals surface area contributed by atoms with Crippen LogP contribution in [0.25, 0.3) is 0 Å². The standard InChI is InChI=1S/C32H53NO4/c1-20(2)21-9-14-32(27(37)33-17-18-34)16-15-30(5)22(26(21)32)7-8-24-28(3)12-11-25(36)29(4,19-35)23(28)10-13-31(24,30)6/h21-26,34-36H,1,7-19H2,2-6H3,(H,33,37)/t21-,22?,23+,24+,25-,26+,28-,29-,30+,31+,32-/m0/s1. The van der Waals surface area contributed by atoms with Crippen LogP contribution in [0.1, 0.15) is 98.8 Å². The molecule has 5 saturated carbocycles. The zero-order valence-corrected chi connectivity index (χ0v) is 24.1. The van der Waals surface area contributed by atoms with Crippen LogP contribution in [-0.2, 0) is 4.79 Å². The van der Waals surface area contributed by atoms with Crippen LogP contribution in [0.4, 0.5) is 0 Å². The van der Waals surface area contributed by atoms with E-state index < -0.39 is 11.5 Å². The first-order valence-electron chi connectivity index (χ1n) is 15.2. The van der Waals surface area contributed by atoms with Gasteiger partial charge in [-0.1, -0.05) is 39.8 Å². The second kappa shape index (κ2) is 9.06. The molecule has 0 aromatic heterocycles. The zero-order chi connectivity index (χ0) is 27.0. The Hall–Kier alpha value is -0.910. The van der Waals surface area contributed by atoms with Crippen molar-refractivity contribution in [2.45, 2.75) is 105 Å². The van der Waals surface area contributed by atoms with E-state index in [4.69, 9.17) is 0 Å². The molecule has 0 aromatic rings. The minimum absolute atomic E-state index is 0.0154. The molecule has 0 spiro atoms. The number of rotatable bonds is 5. The summed E-state index contributed by atoms with van der Waals surface area (Å²) in [5, 5.41) is 34.0. The molecule has 0 heterocycles. The largest absolute Gasteiger partial charge is 0.396 e. The Balaban J connectivity index is 1.54. The minimum Gasteiger partial charge on any atom is -0.396 e. The fourth-order valence-corrected chi connectivity index (χ4v) is 11.9. The lowest BCUT2D eigenvalue weighted by Gasteiger charge is -2.73. The maximum absolute atomic E-state index is 13.7. The second-order valence-corrected chi connectivity index (χ2v) is 15.0. The van der Waals surface area contributed by atoms with E-state index in [1.807, 2.05) is 0 Å². The number of allylic oxidation sites excluding steroid dienone is 1. The molecule has 1 unspecified atom stereocenters. The predicted molar refractivity (Wildman–Crippen MR) is 146 cm³/mol. The smallest absolute Gasteiger partial charge is 0.226 e. The highest BCUT2D eigenvalue weighted by Crippen LogP contribution is 2.77. The molecule has 37 heavy (non-hydrogen) atoms. The van der Waals surface area contributed by atoms with Crippen LogP contribution < -0.4 is 5.32 Å². The van der Waals surface area contributed by atoms with Crippen LogP contribution in [0.2, 0.25) is 0 Å². The molecular formula is C32H53NO4. The van der Waals surface area contributed by atoms with Gasteiger partial charge >= 0.3 is 0 Å². The normalized spacial score (nSPS) is 52.9. The molecule has 4 N–H and O–H groups in total. The fraction of sp³-hybridized carbons (Fsp3) is 0.906. The Morgan fingerprint density at radius 3 is 2.27 bits per heavy atom. The van der Waals surface area contributed by atoms with Crippen LogP contribution in [0.5, 0.6) is 0 Å². The van der Waals surface area contributed by atoms with Gasteiger partial charge in [-0.05, 0) is 117 Å². The third-order valence-electron chi connectivity index (χ3n) is 14.0. The van der Waals surface area contributed by atoms with E-state index >= 15 is 0 Å². The molecule has 0 aromatic carbocycles. The lowest BCUT2D eigenvalue weighted by molar-refractivity contribution is -0.252. The zero-order valence-electron chi connectivity index (χ0n) is 24.1. The van der Waals surface area contributed by atoms with Crippen molar-refractivity contribution in [3.05, 3.63) is 12.2 Å². The quantitative estimate of drug-likeness (QED) is 0.384. The number of fused-ring (bicyclic) bond motifs is 7. The van der Waals surface area contributed by atoms with Crippen molar-refractivity contribution < 1.29 is 20.1 Å². The summed E-state index contributed by atoms with van der Waals surface area (Å²) in [5.41, 5.74) is 0.921. The van der Waals surface area contributed by atoms with Gasteiger partial charge in [0.2, 0.25) is 5.91 Å². The van der Waals surface area contributed by atoms with Gasteiger partial charge < -0.3 is 20.6 Å². The molecule has 0 bridgehead atoms. The van der Waals surface area contributed by atoms with Crippen LogP contribution in [0.3, 0.4) is 0 Å². The number of aliphatic hydroxyl groups is 3. The second-order valence-electron chi connectivity index (χ2n) is 15.0. The monoisotopic (exact) mass is 515 g/mol. The maximum atomic E-state index is 13.7. The fourth-order valence-electron chi connectivity index (χ4n) is 11.9. The van der Waals surface area contributed by atoms with Crippen LogP contribution in [0, 0.1) is 56.7 Å². The molecule has 5 aliphatic rings. The summed E-state index contributed by atoms with van der Waals surface area (Å²) in [6.07, 6.45) is 9.94. The Morgan fingerprint density at radius 1 is 0.892 bits per heavy atom. The van der Waals surface area contributed by atoms with E-state index in [-0.39, 0.29) is 40.8 Å². The lowest BCUT2D eigenvalue weighted by atomic mass is 9.32. The molecule has 5 rings (SSSR count). The number of aliphatic hydroxyl groups excluding tert-OH is 3. The molecule has 0 radical (unpaired) electrons. The van der Waals surface area contributed by atoms with Gasteiger partial charge in [0.25, 0.3) is 0 Å². The average Bonchev–Trinajstić information content (AvgIpc) is 3.27. The minimum atomic E-state index is -0.422. The highest BCUT2D eigenvalue weighted by Gasteiger charge is 2.72. The molecule has 210 valence electrons. The number of nitrogens with one attached hydrogen (secondary N) is 1. The summed E-state index contributed by atoms with van der Waals surface area (Å²) in [6.45, 7) is 16.7. The van der Waals surface area contributed by atoms with Crippen LogP contribution in [0.15, 0.2) is 12.2 Å². The van der Waals surface area contributed by atoms with Gasteiger partial charge in [-0.25, -0.2) is 0 Å². The topological polar surface area (TPSA) is 89.8 Å². The molecule has 5 nitrogen and oxygen atoms in total. The molecule has 1 amide bonds. The summed E-state index contributed by atoms with van der Waals surface area (Å²) in [6, 6.07) is 0. The Kier molecular flexibility index (Phi) is 6.77. The van der Waals surface area contributed by atoms with Gasteiger partial charge in [-0.2, -0.15) is 0 Å². The predicted octanol–water partition coefficient (Wildman–Crippen LogP) is 5.09. The molecule has 0 saturated heterocycles. The van der Waals surface area contributed by atoms with E-state index in [2.05, 4.69) is 46.5 Å². The summed E-state index contributed by atoms with van der Waals surface area (Å²) in [5.74, 6) is 2.28. The Labute approximate surface area is 224 Å². The molecular weight excluding hydrogens is 462 g/mol. The van der Waals surface area contributed by atoms with Crippen LogP contribution >= 0.6 is 0 Å². The van der Waals surface area contributed by atoms with Gasteiger partial charge in [0, 0.05) is 12.0 Å². The van der Waals surface area contributed by atoms with Crippen molar-refractivity contribution in [1.82, 2.24) is 5.32 Å². The first kappa shape index (κ1) is 27.6. The van der Waals surface area contributed by atoms with Gasteiger partial charge in [0.05, 0.1) is 24.7 Å². The molecule has 0 aliphatic heterocycles. The van der Waals surface area contributed by atoms with Crippen molar-refractivity contribution in [1.29, 1.82) is 0 Å². The van der Waals surface area contributed by atoms with E-state index in [0.29, 0.717) is 36.1 Å². The third-order valence-corrected chi connectivity index (χ3v) is 14.0. The number of hydrogen-bond acceptors (Lipinski definition) is 4. The van der Waals surface area contributed by atoms with Crippen LogP contribution in [-0.4, -0.2) is 47.1 Å². The van der Waals surface area contributed by atoms with E-state index in [1.54, 1.807) is 0 Å².